The fourth-order valence-corrected chi connectivity index (χ4v) is 1.91. The molecular weight excluding hydrogens is 238 g/mol. The molecule has 19 heavy (non-hydrogen) atoms. The standard InChI is InChI=1S/C16H25NO2/c1-12(2)17-16(18)11-7-9-14-8-5-6-10-15(14)19-13(3)4/h5-6,8,10,12-13H,7,9,11H2,1-4H3,(H,17,18). The van der Waals surface area contributed by atoms with Gasteiger partial charge in [-0.1, -0.05) is 18.2 Å². The van der Waals surface area contributed by atoms with E-state index < -0.39 is 0 Å². The highest BCUT2D eigenvalue weighted by Gasteiger charge is 2.07. The molecule has 3 heteroatoms. The Balaban J connectivity index is 2.46. The van der Waals surface area contributed by atoms with Gasteiger partial charge in [0.2, 0.25) is 5.91 Å². The van der Waals surface area contributed by atoms with E-state index in [1.54, 1.807) is 0 Å². The zero-order valence-electron chi connectivity index (χ0n) is 12.4. The molecule has 0 spiro atoms. The molecule has 0 unspecified atom stereocenters. The van der Waals surface area contributed by atoms with Crippen molar-refractivity contribution in [2.75, 3.05) is 0 Å². The van der Waals surface area contributed by atoms with Gasteiger partial charge in [-0.3, -0.25) is 4.79 Å². The number of para-hydroxylation sites is 1. The van der Waals surface area contributed by atoms with E-state index in [0.29, 0.717) is 6.42 Å². The lowest BCUT2D eigenvalue weighted by atomic mass is 10.1. The number of carbonyl (C=O) groups is 1. The SMILES string of the molecule is CC(C)NC(=O)CCCc1ccccc1OC(C)C. The van der Waals surface area contributed by atoms with Gasteiger partial charge >= 0.3 is 0 Å². The summed E-state index contributed by atoms with van der Waals surface area (Å²) in [5.41, 5.74) is 1.17. The maximum Gasteiger partial charge on any atom is 0.220 e. The molecule has 3 nitrogen and oxygen atoms in total. The number of amides is 1. The number of carbonyl (C=O) groups excluding carboxylic acids is 1. The summed E-state index contributed by atoms with van der Waals surface area (Å²) in [5, 5.41) is 2.91. The van der Waals surface area contributed by atoms with Crippen LogP contribution >= 0.6 is 0 Å². The topological polar surface area (TPSA) is 38.3 Å². The molecule has 1 N–H and O–H groups in total. The van der Waals surface area contributed by atoms with Crippen molar-refractivity contribution in [3.05, 3.63) is 29.8 Å². The Hall–Kier alpha value is -1.51. The molecule has 1 aromatic carbocycles. The monoisotopic (exact) mass is 263 g/mol. The number of ether oxygens (including phenoxy) is 1. The predicted molar refractivity (Wildman–Crippen MR) is 78.4 cm³/mol. The highest BCUT2D eigenvalue weighted by Crippen LogP contribution is 2.21. The first kappa shape index (κ1) is 15.5. The largest absolute Gasteiger partial charge is 0.491 e. The molecular formula is C16H25NO2. The van der Waals surface area contributed by atoms with E-state index in [0.717, 1.165) is 18.6 Å². The molecule has 1 aromatic rings. The maximum absolute atomic E-state index is 11.6. The molecule has 0 aliphatic rings. The number of hydrogen-bond donors (Lipinski definition) is 1. The normalized spacial score (nSPS) is 10.8. The van der Waals surface area contributed by atoms with E-state index in [1.165, 1.54) is 5.56 Å². The number of rotatable bonds is 7. The van der Waals surface area contributed by atoms with Crippen molar-refractivity contribution in [1.29, 1.82) is 0 Å². The van der Waals surface area contributed by atoms with Crippen molar-refractivity contribution in [3.63, 3.8) is 0 Å². The second-order valence-electron chi connectivity index (χ2n) is 5.35. The average Bonchev–Trinajstić information content (AvgIpc) is 2.29. The van der Waals surface area contributed by atoms with Gasteiger partial charge in [-0.15, -0.1) is 0 Å². The van der Waals surface area contributed by atoms with Gasteiger partial charge < -0.3 is 10.1 Å². The van der Waals surface area contributed by atoms with Gasteiger partial charge in [0.1, 0.15) is 5.75 Å². The van der Waals surface area contributed by atoms with Gasteiger partial charge in [0, 0.05) is 12.5 Å². The van der Waals surface area contributed by atoms with Crippen molar-refractivity contribution < 1.29 is 9.53 Å². The molecule has 0 bridgehead atoms. The van der Waals surface area contributed by atoms with Crippen LogP contribution in [0, 0.1) is 0 Å². The highest BCUT2D eigenvalue weighted by molar-refractivity contribution is 5.76. The zero-order chi connectivity index (χ0) is 14.3. The van der Waals surface area contributed by atoms with Crippen molar-refractivity contribution >= 4 is 5.91 Å². The van der Waals surface area contributed by atoms with Gasteiger partial charge in [0.05, 0.1) is 6.10 Å². The summed E-state index contributed by atoms with van der Waals surface area (Å²) in [6, 6.07) is 8.26. The summed E-state index contributed by atoms with van der Waals surface area (Å²) < 4.78 is 5.77. The fourth-order valence-electron chi connectivity index (χ4n) is 1.91. The van der Waals surface area contributed by atoms with Crippen molar-refractivity contribution in [2.45, 2.75) is 59.1 Å². The highest BCUT2D eigenvalue weighted by atomic mass is 16.5. The molecule has 0 aromatic heterocycles. The van der Waals surface area contributed by atoms with E-state index in [9.17, 15) is 4.79 Å². The lowest BCUT2D eigenvalue weighted by molar-refractivity contribution is -0.121. The van der Waals surface area contributed by atoms with Crippen molar-refractivity contribution in [1.82, 2.24) is 5.32 Å². The number of benzene rings is 1. The predicted octanol–water partition coefficient (Wildman–Crippen LogP) is 3.32. The fraction of sp³-hybridized carbons (Fsp3) is 0.562. The van der Waals surface area contributed by atoms with E-state index >= 15 is 0 Å². The Labute approximate surface area is 116 Å². The first-order chi connectivity index (χ1) is 8.99. The molecule has 1 amide bonds. The molecule has 0 atom stereocenters. The molecule has 0 aliphatic carbocycles. The van der Waals surface area contributed by atoms with Crippen LogP contribution in [-0.4, -0.2) is 18.1 Å². The average molecular weight is 263 g/mol. The van der Waals surface area contributed by atoms with Crippen LogP contribution in [-0.2, 0) is 11.2 Å². The zero-order valence-corrected chi connectivity index (χ0v) is 12.4. The van der Waals surface area contributed by atoms with Crippen LogP contribution in [0.1, 0.15) is 46.1 Å². The second-order valence-corrected chi connectivity index (χ2v) is 5.35. The number of hydrogen-bond acceptors (Lipinski definition) is 2. The Morgan fingerprint density at radius 2 is 1.89 bits per heavy atom. The van der Waals surface area contributed by atoms with Crippen molar-refractivity contribution in [2.24, 2.45) is 0 Å². The molecule has 1 rings (SSSR count). The lowest BCUT2D eigenvalue weighted by Crippen LogP contribution is -2.29. The van der Waals surface area contributed by atoms with Gasteiger partial charge in [0.15, 0.2) is 0 Å². The minimum atomic E-state index is 0.122. The molecule has 0 heterocycles. The quantitative estimate of drug-likeness (QED) is 0.819. The van der Waals surface area contributed by atoms with Crippen LogP contribution in [0.4, 0.5) is 0 Å². The smallest absolute Gasteiger partial charge is 0.220 e. The molecule has 0 fully saturated rings. The first-order valence-electron chi connectivity index (χ1n) is 7.03. The Kier molecular flexibility index (Phi) is 6.40. The van der Waals surface area contributed by atoms with Crippen LogP contribution in [0.2, 0.25) is 0 Å². The summed E-state index contributed by atoms with van der Waals surface area (Å²) in [6.07, 6.45) is 2.45. The molecule has 0 aliphatic heterocycles. The van der Waals surface area contributed by atoms with Crippen molar-refractivity contribution in [3.8, 4) is 5.75 Å². The number of aryl methyl sites for hydroxylation is 1. The minimum absolute atomic E-state index is 0.122. The second kappa shape index (κ2) is 7.82. The molecule has 0 radical (unpaired) electrons. The molecule has 0 saturated carbocycles. The molecule has 0 saturated heterocycles. The van der Waals surface area contributed by atoms with Crippen LogP contribution in [0.25, 0.3) is 0 Å². The van der Waals surface area contributed by atoms with Crippen LogP contribution in [0.15, 0.2) is 24.3 Å². The third-order valence-electron chi connectivity index (χ3n) is 2.63. The third kappa shape index (κ3) is 6.27. The van der Waals surface area contributed by atoms with E-state index in [4.69, 9.17) is 4.74 Å². The summed E-state index contributed by atoms with van der Waals surface area (Å²) >= 11 is 0. The Bertz CT molecular complexity index is 399. The summed E-state index contributed by atoms with van der Waals surface area (Å²) in [4.78, 5) is 11.6. The van der Waals surface area contributed by atoms with Gasteiger partial charge in [-0.05, 0) is 52.2 Å². The Morgan fingerprint density at radius 1 is 1.21 bits per heavy atom. The van der Waals surface area contributed by atoms with E-state index in [1.807, 2.05) is 45.9 Å². The summed E-state index contributed by atoms with van der Waals surface area (Å²) in [6.45, 7) is 7.99. The lowest BCUT2D eigenvalue weighted by Gasteiger charge is -2.14. The Morgan fingerprint density at radius 3 is 2.53 bits per heavy atom. The van der Waals surface area contributed by atoms with Crippen LogP contribution in [0.5, 0.6) is 5.75 Å². The van der Waals surface area contributed by atoms with E-state index in [2.05, 4.69) is 11.4 Å². The van der Waals surface area contributed by atoms with Gasteiger partial charge in [-0.2, -0.15) is 0 Å². The minimum Gasteiger partial charge on any atom is -0.491 e. The molecule has 106 valence electrons. The van der Waals surface area contributed by atoms with E-state index in [-0.39, 0.29) is 18.1 Å². The summed E-state index contributed by atoms with van der Waals surface area (Å²) in [5.74, 6) is 1.05. The summed E-state index contributed by atoms with van der Waals surface area (Å²) in [7, 11) is 0. The number of nitrogens with one attached hydrogen (secondary N) is 1. The van der Waals surface area contributed by atoms with Gasteiger partial charge in [-0.25, -0.2) is 0 Å². The maximum atomic E-state index is 11.6. The van der Waals surface area contributed by atoms with Crippen LogP contribution < -0.4 is 10.1 Å². The first-order valence-corrected chi connectivity index (χ1v) is 7.03. The third-order valence-corrected chi connectivity index (χ3v) is 2.63. The van der Waals surface area contributed by atoms with Crippen LogP contribution in [0.3, 0.4) is 0 Å². The van der Waals surface area contributed by atoms with Gasteiger partial charge in [0.25, 0.3) is 0 Å².